The van der Waals surface area contributed by atoms with Crippen molar-refractivity contribution < 1.29 is 9.63 Å². The Morgan fingerprint density at radius 2 is 2.11 bits per heavy atom. The second-order valence-electron chi connectivity index (χ2n) is 4.04. The number of halogens is 3. The highest BCUT2D eigenvalue weighted by Crippen LogP contribution is 2.18. The zero-order valence-corrected chi connectivity index (χ0v) is 12.5. The molecule has 0 saturated heterocycles. The molecular formula is C11H12Cl3N3O2. The van der Waals surface area contributed by atoms with E-state index in [1.807, 2.05) is 0 Å². The number of rotatable bonds is 1. The summed E-state index contributed by atoms with van der Waals surface area (Å²) in [4.78, 5) is 20.3. The molecule has 1 aliphatic rings. The van der Waals surface area contributed by atoms with E-state index in [-0.39, 0.29) is 12.4 Å². The van der Waals surface area contributed by atoms with Crippen LogP contribution in [0.4, 0.5) is 0 Å². The van der Waals surface area contributed by atoms with Gasteiger partial charge in [0.2, 0.25) is 5.79 Å². The number of hydrogen-bond acceptors (Lipinski definition) is 5. The van der Waals surface area contributed by atoms with Crippen molar-refractivity contribution in [3.63, 3.8) is 0 Å². The van der Waals surface area contributed by atoms with Gasteiger partial charge in [0.25, 0.3) is 0 Å². The Bertz CT molecular complexity index is 631. The van der Waals surface area contributed by atoms with Gasteiger partial charge in [0.1, 0.15) is 0 Å². The molecule has 1 heterocycles. The molecule has 1 aromatic carbocycles. The third kappa shape index (κ3) is 3.12. The van der Waals surface area contributed by atoms with Gasteiger partial charge in [0.15, 0.2) is 0 Å². The summed E-state index contributed by atoms with van der Waals surface area (Å²) in [7, 11) is 0. The third-order valence-corrected chi connectivity index (χ3v) is 3.19. The Morgan fingerprint density at radius 1 is 1.47 bits per heavy atom. The quantitative estimate of drug-likeness (QED) is 0.843. The molecule has 1 aliphatic heterocycles. The van der Waals surface area contributed by atoms with Gasteiger partial charge in [-0.3, -0.25) is 10.5 Å². The van der Waals surface area contributed by atoms with E-state index >= 15 is 0 Å². The van der Waals surface area contributed by atoms with Crippen LogP contribution in [0, 0.1) is 0 Å². The number of nitrogens with zero attached hydrogens (tertiary/aromatic N) is 2. The topological polar surface area (TPSA) is 67.9 Å². The van der Waals surface area contributed by atoms with Crippen molar-refractivity contribution in [3.8, 4) is 0 Å². The molecule has 0 spiro atoms. The molecule has 0 aromatic heterocycles. The smallest absolute Gasteiger partial charge is 0.329 e. The normalized spacial score (nSPS) is 20.6. The summed E-state index contributed by atoms with van der Waals surface area (Å²) in [6, 6.07) is 3.34. The zero-order chi connectivity index (χ0) is 13.5. The molecule has 0 amide bonds. The summed E-state index contributed by atoms with van der Waals surface area (Å²) in [6.07, 6.45) is 1.51. The van der Waals surface area contributed by atoms with Crippen LogP contribution in [-0.2, 0) is 9.63 Å². The predicted molar refractivity (Wildman–Crippen MR) is 75.2 cm³/mol. The van der Waals surface area contributed by atoms with Crippen LogP contribution in [0.15, 0.2) is 17.1 Å². The molecule has 0 fully saturated rings. The Kier molecular flexibility index (Phi) is 4.68. The second-order valence-corrected chi connectivity index (χ2v) is 4.82. The first kappa shape index (κ1) is 16.0. The Balaban J connectivity index is 0.00000180. The van der Waals surface area contributed by atoms with Crippen molar-refractivity contribution in [2.45, 2.75) is 19.6 Å². The van der Waals surface area contributed by atoms with Gasteiger partial charge >= 0.3 is 5.97 Å². The molecule has 0 aliphatic carbocycles. The van der Waals surface area contributed by atoms with Crippen LogP contribution < -0.4 is 16.3 Å². The van der Waals surface area contributed by atoms with Gasteiger partial charge in [-0.2, -0.15) is 5.06 Å². The van der Waals surface area contributed by atoms with E-state index in [1.54, 1.807) is 19.1 Å². The van der Waals surface area contributed by atoms with Gasteiger partial charge in [-0.1, -0.05) is 23.2 Å². The summed E-state index contributed by atoms with van der Waals surface area (Å²) < 4.78 is 0. The number of nitrogens with two attached hydrogens (primary N) is 1. The first-order valence-corrected chi connectivity index (χ1v) is 5.89. The Morgan fingerprint density at radius 3 is 2.68 bits per heavy atom. The number of fused-ring (bicyclic) bond motifs is 1. The maximum absolute atomic E-state index is 11.0. The molecule has 104 valence electrons. The molecule has 0 radical (unpaired) electrons. The zero-order valence-electron chi connectivity index (χ0n) is 10.2. The summed E-state index contributed by atoms with van der Waals surface area (Å²) in [5.74, 6) is -1.68. The summed E-state index contributed by atoms with van der Waals surface area (Å²) in [6.45, 7) is 2.89. The van der Waals surface area contributed by atoms with Crippen LogP contribution in [0.3, 0.4) is 0 Å². The van der Waals surface area contributed by atoms with Gasteiger partial charge < -0.3 is 4.84 Å². The lowest BCUT2D eigenvalue weighted by Gasteiger charge is -2.33. The Hall–Kier alpha value is -1.01. The van der Waals surface area contributed by atoms with Crippen LogP contribution in [0.1, 0.15) is 13.8 Å². The molecule has 1 unspecified atom stereocenters. The number of hydroxylamine groups is 2. The fraction of sp³-hybridized carbons (Fsp3) is 0.273. The molecule has 2 rings (SSSR count). The fourth-order valence-electron chi connectivity index (χ4n) is 1.57. The SMILES string of the molecule is CC(=O)ON1C=c2c(Cl)c(Cl)ccc2=NC1(C)N.Cl. The monoisotopic (exact) mass is 323 g/mol. The fourth-order valence-corrected chi connectivity index (χ4v) is 1.95. The standard InChI is InChI=1S/C11H11Cl2N3O2.ClH/c1-6(17)18-16-5-7-9(15-11(16,2)14)4-3-8(12)10(7)13;/h3-5H,14H2,1-2H3;1H. The molecule has 0 saturated carbocycles. The van der Waals surface area contributed by atoms with Crippen molar-refractivity contribution in [2.24, 2.45) is 10.7 Å². The molecular weight excluding hydrogens is 312 g/mol. The molecule has 8 heteroatoms. The number of benzene rings is 1. The minimum absolute atomic E-state index is 0. The van der Waals surface area contributed by atoms with Crippen molar-refractivity contribution >= 4 is 47.8 Å². The highest BCUT2D eigenvalue weighted by atomic mass is 35.5. The molecule has 0 bridgehead atoms. The van der Waals surface area contributed by atoms with Crippen molar-refractivity contribution in [3.05, 3.63) is 32.8 Å². The van der Waals surface area contributed by atoms with Crippen LogP contribution in [0.25, 0.3) is 6.20 Å². The van der Waals surface area contributed by atoms with Gasteiger partial charge in [-0.05, 0) is 19.1 Å². The van der Waals surface area contributed by atoms with Crippen LogP contribution in [-0.4, -0.2) is 16.8 Å². The van der Waals surface area contributed by atoms with Crippen molar-refractivity contribution in [1.82, 2.24) is 5.06 Å². The first-order chi connectivity index (χ1) is 8.31. The minimum Gasteiger partial charge on any atom is -0.338 e. The lowest BCUT2D eigenvalue weighted by molar-refractivity contribution is -0.190. The third-order valence-electron chi connectivity index (χ3n) is 2.38. The van der Waals surface area contributed by atoms with E-state index in [2.05, 4.69) is 4.99 Å². The average molecular weight is 325 g/mol. The van der Waals surface area contributed by atoms with Crippen LogP contribution >= 0.6 is 35.6 Å². The molecule has 2 N–H and O–H groups in total. The van der Waals surface area contributed by atoms with Gasteiger partial charge in [0, 0.05) is 12.1 Å². The highest BCUT2D eigenvalue weighted by Gasteiger charge is 2.29. The summed E-state index contributed by atoms with van der Waals surface area (Å²) >= 11 is 12.0. The highest BCUT2D eigenvalue weighted by molar-refractivity contribution is 6.42. The van der Waals surface area contributed by atoms with Crippen LogP contribution in [0.5, 0.6) is 0 Å². The molecule has 1 aromatic rings. The average Bonchev–Trinajstić information content (AvgIpc) is 2.25. The summed E-state index contributed by atoms with van der Waals surface area (Å²) in [5.41, 5.74) is 5.95. The van der Waals surface area contributed by atoms with Gasteiger partial charge in [0.05, 0.1) is 21.6 Å². The molecule has 19 heavy (non-hydrogen) atoms. The van der Waals surface area contributed by atoms with Crippen LogP contribution in [0.2, 0.25) is 10.0 Å². The summed E-state index contributed by atoms with van der Waals surface area (Å²) in [5, 5.41) is 3.04. The Labute approximate surface area is 126 Å². The second kappa shape index (κ2) is 5.54. The van der Waals surface area contributed by atoms with E-state index in [9.17, 15) is 4.79 Å². The number of hydrogen-bond donors (Lipinski definition) is 1. The maximum Gasteiger partial charge on any atom is 0.329 e. The minimum atomic E-state index is -1.18. The van der Waals surface area contributed by atoms with E-state index in [1.165, 1.54) is 13.1 Å². The largest absolute Gasteiger partial charge is 0.338 e. The van der Waals surface area contributed by atoms with Crippen molar-refractivity contribution in [2.75, 3.05) is 0 Å². The first-order valence-electron chi connectivity index (χ1n) is 5.14. The predicted octanol–water partition coefficient (Wildman–Crippen LogP) is 1.20. The van der Waals surface area contributed by atoms with E-state index in [0.29, 0.717) is 20.6 Å². The molecule has 5 nitrogen and oxygen atoms in total. The van der Waals surface area contributed by atoms with E-state index < -0.39 is 11.8 Å². The van der Waals surface area contributed by atoms with E-state index in [0.717, 1.165) is 5.06 Å². The molecule has 1 atom stereocenters. The maximum atomic E-state index is 11.0. The lowest BCUT2D eigenvalue weighted by atomic mass is 10.2. The van der Waals surface area contributed by atoms with E-state index in [4.69, 9.17) is 33.8 Å². The lowest BCUT2D eigenvalue weighted by Crippen LogP contribution is -2.56. The van der Waals surface area contributed by atoms with Crippen molar-refractivity contribution in [1.29, 1.82) is 0 Å². The van der Waals surface area contributed by atoms with Gasteiger partial charge in [-0.15, -0.1) is 12.4 Å². The number of carbonyl (C=O) groups excluding carboxylic acids is 1. The van der Waals surface area contributed by atoms with Gasteiger partial charge in [-0.25, -0.2) is 4.99 Å². The number of carbonyl (C=O) groups is 1.